The molecular formula is C14H20ClFO. The smallest absolute Gasteiger partial charge is 0.141 e. The van der Waals surface area contributed by atoms with Crippen LogP contribution in [0.3, 0.4) is 0 Å². The quantitative estimate of drug-likeness (QED) is 0.810. The molecule has 0 bridgehead atoms. The molecule has 3 heteroatoms. The van der Waals surface area contributed by atoms with Crippen LogP contribution in [0.2, 0.25) is 5.02 Å². The number of aliphatic hydroxyl groups excluding tert-OH is 1. The fourth-order valence-electron chi connectivity index (χ4n) is 1.83. The number of aliphatic hydroxyl groups is 1. The van der Waals surface area contributed by atoms with Crippen molar-refractivity contribution in [3.63, 3.8) is 0 Å². The molecule has 0 saturated heterocycles. The van der Waals surface area contributed by atoms with Gasteiger partial charge >= 0.3 is 0 Å². The Balaban J connectivity index is 2.55. The van der Waals surface area contributed by atoms with Crippen molar-refractivity contribution in [3.05, 3.63) is 34.6 Å². The van der Waals surface area contributed by atoms with E-state index >= 15 is 0 Å². The Morgan fingerprint density at radius 3 is 2.71 bits per heavy atom. The molecule has 0 aliphatic rings. The molecule has 0 radical (unpaired) electrons. The molecule has 0 fully saturated rings. The lowest BCUT2D eigenvalue weighted by Crippen LogP contribution is -2.20. The first kappa shape index (κ1) is 14.5. The molecule has 2 unspecified atom stereocenters. The van der Waals surface area contributed by atoms with Gasteiger partial charge in [0.25, 0.3) is 0 Å². The number of benzene rings is 1. The molecule has 1 rings (SSSR count). The summed E-state index contributed by atoms with van der Waals surface area (Å²) >= 11 is 5.70. The van der Waals surface area contributed by atoms with Crippen LogP contribution in [-0.4, -0.2) is 11.2 Å². The maximum atomic E-state index is 13.0. The number of hydrogen-bond donors (Lipinski definition) is 1. The molecule has 0 aliphatic heterocycles. The van der Waals surface area contributed by atoms with Gasteiger partial charge in [-0.3, -0.25) is 0 Å². The molecule has 0 amide bonds. The Kier molecular flexibility index (Phi) is 5.93. The van der Waals surface area contributed by atoms with E-state index < -0.39 is 5.82 Å². The molecule has 0 saturated carbocycles. The molecule has 1 aromatic carbocycles. The highest BCUT2D eigenvalue weighted by Crippen LogP contribution is 2.20. The third-order valence-corrected chi connectivity index (χ3v) is 3.39. The lowest BCUT2D eigenvalue weighted by atomic mass is 9.93. The van der Waals surface area contributed by atoms with E-state index in [-0.39, 0.29) is 17.0 Å². The predicted octanol–water partition coefficient (Wildman–Crippen LogP) is 4.21. The molecule has 0 heterocycles. The van der Waals surface area contributed by atoms with E-state index in [1.165, 1.54) is 6.07 Å². The molecule has 17 heavy (non-hydrogen) atoms. The first-order valence-corrected chi connectivity index (χ1v) is 6.54. The summed E-state index contributed by atoms with van der Waals surface area (Å²) in [5.74, 6) is -0.150. The van der Waals surface area contributed by atoms with Crippen LogP contribution < -0.4 is 0 Å². The third kappa shape index (κ3) is 4.64. The van der Waals surface area contributed by atoms with Crippen molar-refractivity contribution in [2.45, 2.75) is 45.6 Å². The summed E-state index contributed by atoms with van der Waals surface area (Å²) in [5, 5.41) is 10.1. The second-order valence-corrected chi connectivity index (χ2v) is 5.05. The van der Waals surface area contributed by atoms with Crippen LogP contribution in [0, 0.1) is 11.7 Å². The zero-order chi connectivity index (χ0) is 12.8. The fourth-order valence-corrected chi connectivity index (χ4v) is 2.03. The molecule has 2 atom stereocenters. The Hall–Kier alpha value is -0.600. The number of halogens is 2. The number of hydrogen-bond acceptors (Lipinski definition) is 1. The van der Waals surface area contributed by atoms with E-state index in [9.17, 15) is 9.50 Å². The number of rotatable bonds is 6. The van der Waals surface area contributed by atoms with Gasteiger partial charge < -0.3 is 5.11 Å². The highest BCUT2D eigenvalue weighted by molar-refractivity contribution is 6.30. The topological polar surface area (TPSA) is 20.2 Å². The first-order valence-electron chi connectivity index (χ1n) is 6.16. The summed E-state index contributed by atoms with van der Waals surface area (Å²) in [7, 11) is 0. The Labute approximate surface area is 108 Å². The monoisotopic (exact) mass is 258 g/mol. The van der Waals surface area contributed by atoms with Gasteiger partial charge in [-0.25, -0.2) is 4.39 Å². The van der Waals surface area contributed by atoms with Gasteiger partial charge in [-0.15, -0.1) is 0 Å². The van der Waals surface area contributed by atoms with Crippen molar-refractivity contribution >= 4 is 11.6 Å². The lowest BCUT2D eigenvalue weighted by molar-refractivity contribution is 0.111. The van der Waals surface area contributed by atoms with E-state index in [1.54, 1.807) is 12.1 Å². The van der Waals surface area contributed by atoms with Crippen LogP contribution in [0.15, 0.2) is 18.2 Å². The van der Waals surface area contributed by atoms with Crippen molar-refractivity contribution in [3.8, 4) is 0 Å². The largest absolute Gasteiger partial charge is 0.393 e. The molecule has 0 aliphatic carbocycles. The molecular weight excluding hydrogens is 239 g/mol. The zero-order valence-corrected chi connectivity index (χ0v) is 11.2. The van der Waals surface area contributed by atoms with Crippen LogP contribution in [-0.2, 0) is 6.42 Å². The highest BCUT2D eigenvalue weighted by atomic mass is 35.5. The Morgan fingerprint density at radius 2 is 2.12 bits per heavy atom. The van der Waals surface area contributed by atoms with Gasteiger partial charge in [-0.05, 0) is 36.5 Å². The van der Waals surface area contributed by atoms with Crippen LogP contribution in [0.1, 0.15) is 38.7 Å². The molecule has 1 N–H and O–H groups in total. The SMILES string of the molecule is CCCCC(C)C(O)Cc1ccc(F)c(Cl)c1. The fraction of sp³-hybridized carbons (Fsp3) is 0.571. The number of unbranched alkanes of at least 4 members (excludes halogenated alkanes) is 1. The second kappa shape index (κ2) is 6.97. The summed E-state index contributed by atoms with van der Waals surface area (Å²) in [6.07, 6.45) is 3.43. The van der Waals surface area contributed by atoms with Crippen LogP contribution in [0.25, 0.3) is 0 Å². The Morgan fingerprint density at radius 1 is 1.41 bits per heavy atom. The van der Waals surface area contributed by atoms with Crippen LogP contribution in [0.4, 0.5) is 4.39 Å². The van der Waals surface area contributed by atoms with Crippen molar-refractivity contribution in [2.24, 2.45) is 5.92 Å². The zero-order valence-electron chi connectivity index (χ0n) is 10.4. The van der Waals surface area contributed by atoms with Crippen molar-refractivity contribution < 1.29 is 9.50 Å². The first-order chi connectivity index (χ1) is 8.04. The molecule has 96 valence electrons. The highest BCUT2D eigenvalue weighted by Gasteiger charge is 2.14. The minimum absolute atomic E-state index is 0.121. The maximum Gasteiger partial charge on any atom is 0.141 e. The summed E-state index contributed by atoms with van der Waals surface area (Å²) < 4.78 is 13.0. The van der Waals surface area contributed by atoms with Gasteiger partial charge in [0.05, 0.1) is 11.1 Å². The van der Waals surface area contributed by atoms with E-state index in [1.807, 2.05) is 6.92 Å². The predicted molar refractivity (Wildman–Crippen MR) is 69.8 cm³/mol. The van der Waals surface area contributed by atoms with Gasteiger partial charge in [0.1, 0.15) is 5.82 Å². The average Bonchev–Trinajstić information content (AvgIpc) is 2.30. The molecule has 1 aromatic rings. The van der Waals surface area contributed by atoms with Crippen LogP contribution >= 0.6 is 11.6 Å². The van der Waals surface area contributed by atoms with Gasteiger partial charge in [0, 0.05) is 0 Å². The van der Waals surface area contributed by atoms with Crippen molar-refractivity contribution in [2.75, 3.05) is 0 Å². The van der Waals surface area contributed by atoms with E-state index in [4.69, 9.17) is 11.6 Å². The molecule has 1 nitrogen and oxygen atoms in total. The molecule has 0 spiro atoms. The third-order valence-electron chi connectivity index (χ3n) is 3.10. The summed E-state index contributed by atoms with van der Waals surface area (Å²) in [4.78, 5) is 0. The molecule has 0 aromatic heterocycles. The van der Waals surface area contributed by atoms with Crippen LogP contribution in [0.5, 0.6) is 0 Å². The summed E-state index contributed by atoms with van der Waals surface area (Å²) in [6.45, 7) is 4.18. The van der Waals surface area contributed by atoms with E-state index in [0.717, 1.165) is 24.8 Å². The summed E-state index contributed by atoms with van der Waals surface area (Å²) in [6, 6.07) is 4.62. The van der Waals surface area contributed by atoms with E-state index in [0.29, 0.717) is 6.42 Å². The van der Waals surface area contributed by atoms with Gasteiger partial charge in [0.15, 0.2) is 0 Å². The Bertz CT molecular complexity index is 354. The lowest BCUT2D eigenvalue weighted by Gasteiger charge is -2.18. The van der Waals surface area contributed by atoms with E-state index in [2.05, 4.69) is 6.92 Å². The van der Waals surface area contributed by atoms with Gasteiger partial charge in [-0.2, -0.15) is 0 Å². The maximum absolute atomic E-state index is 13.0. The minimum Gasteiger partial charge on any atom is -0.393 e. The van der Waals surface area contributed by atoms with Crippen molar-refractivity contribution in [1.82, 2.24) is 0 Å². The normalized spacial score (nSPS) is 14.6. The average molecular weight is 259 g/mol. The van der Waals surface area contributed by atoms with Crippen molar-refractivity contribution in [1.29, 1.82) is 0 Å². The standard InChI is InChI=1S/C14H20ClFO/c1-3-4-5-10(2)14(17)9-11-6-7-13(16)12(15)8-11/h6-8,10,14,17H,3-5,9H2,1-2H3. The second-order valence-electron chi connectivity index (χ2n) is 4.64. The summed E-state index contributed by atoms with van der Waals surface area (Å²) in [5.41, 5.74) is 0.882. The van der Waals surface area contributed by atoms with Gasteiger partial charge in [0.2, 0.25) is 0 Å². The van der Waals surface area contributed by atoms with Gasteiger partial charge in [-0.1, -0.05) is 44.4 Å². The minimum atomic E-state index is -0.413.